The van der Waals surface area contributed by atoms with Crippen LogP contribution in [0.2, 0.25) is 0 Å². The molecule has 0 aliphatic carbocycles. The molecule has 1 aromatic heterocycles. The van der Waals surface area contributed by atoms with E-state index in [1.165, 1.54) is 11.1 Å². The molecule has 3 aromatic carbocycles. The Kier molecular flexibility index (Phi) is 5.27. The second-order valence-corrected chi connectivity index (χ2v) is 6.28. The number of benzene rings is 3. The van der Waals surface area contributed by atoms with Crippen LogP contribution < -0.4 is 10.1 Å². The van der Waals surface area contributed by atoms with Gasteiger partial charge in [0.2, 0.25) is 0 Å². The van der Waals surface area contributed by atoms with Crippen molar-refractivity contribution in [3.8, 4) is 17.2 Å². The monoisotopic (exact) mass is 355 g/mol. The van der Waals surface area contributed by atoms with Crippen molar-refractivity contribution in [2.45, 2.75) is 13.1 Å². The Morgan fingerprint density at radius 3 is 2.30 bits per heavy atom. The van der Waals surface area contributed by atoms with Gasteiger partial charge in [0.1, 0.15) is 11.5 Å². The number of nitrogens with one attached hydrogen (secondary N) is 1. The molecule has 0 radical (unpaired) electrons. The number of ether oxygens (including phenoxy) is 1. The lowest BCUT2D eigenvalue weighted by Gasteiger charge is -2.09. The van der Waals surface area contributed by atoms with Crippen LogP contribution in [0.3, 0.4) is 0 Å². The molecule has 0 spiro atoms. The zero-order valence-electron chi connectivity index (χ0n) is 15.0. The van der Waals surface area contributed by atoms with Crippen molar-refractivity contribution >= 4 is 0 Å². The molecule has 4 aromatic rings. The molecule has 0 atom stereocenters. The molecular formula is C23H21N3O. The van der Waals surface area contributed by atoms with E-state index in [2.05, 4.69) is 46.8 Å². The Hall–Kier alpha value is -3.37. The largest absolute Gasteiger partial charge is 0.457 e. The van der Waals surface area contributed by atoms with Crippen molar-refractivity contribution in [1.82, 2.24) is 15.1 Å². The average Bonchev–Trinajstić information content (AvgIpc) is 3.25. The van der Waals surface area contributed by atoms with Gasteiger partial charge in [-0.3, -0.25) is 0 Å². The molecule has 0 saturated heterocycles. The normalized spacial score (nSPS) is 10.7. The molecule has 1 heterocycles. The molecule has 1 N–H and O–H groups in total. The Morgan fingerprint density at radius 2 is 1.52 bits per heavy atom. The highest BCUT2D eigenvalue weighted by Crippen LogP contribution is 2.21. The van der Waals surface area contributed by atoms with Gasteiger partial charge in [0.05, 0.1) is 5.69 Å². The lowest BCUT2D eigenvalue weighted by molar-refractivity contribution is 0.481. The van der Waals surface area contributed by atoms with Gasteiger partial charge in [-0.1, -0.05) is 42.5 Å². The van der Waals surface area contributed by atoms with Gasteiger partial charge >= 0.3 is 0 Å². The molecule has 27 heavy (non-hydrogen) atoms. The lowest BCUT2D eigenvalue weighted by Crippen LogP contribution is -2.12. The van der Waals surface area contributed by atoms with Crippen molar-refractivity contribution in [2.24, 2.45) is 0 Å². The van der Waals surface area contributed by atoms with Crippen LogP contribution in [0, 0.1) is 0 Å². The van der Waals surface area contributed by atoms with Crippen LogP contribution in [0.4, 0.5) is 0 Å². The van der Waals surface area contributed by atoms with Crippen molar-refractivity contribution in [2.75, 3.05) is 0 Å². The Labute approximate surface area is 159 Å². The van der Waals surface area contributed by atoms with E-state index in [1.54, 1.807) is 6.20 Å². The summed E-state index contributed by atoms with van der Waals surface area (Å²) >= 11 is 0. The van der Waals surface area contributed by atoms with Gasteiger partial charge in [-0.05, 0) is 53.6 Å². The molecule has 0 aliphatic heterocycles. The fourth-order valence-electron chi connectivity index (χ4n) is 2.88. The van der Waals surface area contributed by atoms with Crippen molar-refractivity contribution in [3.05, 3.63) is 108 Å². The third-order valence-electron chi connectivity index (χ3n) is 4.24. The van der Waals surface area contributed by atoms with E-state index in [0.717, 1.165) is 30.3 Å². The molecule has 0 bridgehead atoms. The highest BCUT2D eigenvalue weighted by Gasteiger charge is 2.00. The molecule has 0 saturated carbocycles. The third kappa shape index (κ3) is 4.63. The minimum atomic E-state index is 0.785. The predicted octanol–water partition coefficient (Wildman–Crippen LogP) is 4.95. The number of hydrogen-bond donors (Lipinski definition) is 1. The summed E-state index contributed by atoms with van der Waals surface area (Å²) in [5.74, 6) is 1.70. The molecule has 4 nitrogen and oxygen atoms in total. The van der Waals surface area contributed by atoms with Gasteiger partial charge in [0.15, 0.2) is 0 Å². The summed E-state index contributed by atoms with van der Waals surface area (Å²) in [5, 5.41) is 7.73. The first-order valence-corrected chi connectivity index (χ1v) is 8.98. The molecule has 0 unspecified atom stereocenters. The first-order valence-electron chi connectivity index (χ1n) is 8.98. The standard InChI is InChI=1S/C23H21N3O/c1-2-7-22(8-3-1)27-23-9-4-6-20(16-23)18-24-17-19-10-12-21(13-11-19)26-15-5-14-25-26/h1-16,24H,17-18H2. The van der Waals surface area contributed by atoms with E-state index in [9.17, 15) is 0 Å². The highest BCUT2D eigenvalue weighted by molar-refractivity contribution is 5.35. The van der Waals surface area contributed by atoms with E-state index in [1.807, 2.05) is 59.4 Å². The Bertz CT molecular complexity index is 964. The maximum atomic E-state index is 5.90. The number of aromatic nitrogens is 2. The third-order valence-corrected chi connectivity index (χ3v) is 4.24. The Balaban J connectivity index is 1.32. The second kappa shape index (κ2) is 8.34. The minimum Gasteiger partial charge on any atom is -0.457 e. The molecule has 4 heteroatoms. The highest BCUT2D eigenvalue weighted by atomic mass is 16.5. The van der Waals surface area contributed by atoms with Gasteiger partial charge in [0, 0.05) is 25.5 Å². The van der Waals surface area contributed by atoms with Crippen LogP contribution in [0.25, 0.3) is 5.69 Å². The lowest BCUT2D eigenvalue weighted by atomic mass is 10.2. The summed E-state index contributed by atoms with van der Waals surface area (Å²) < 4.78 is 7.75. The summed E-state index contributed by atoms with van der Waals surface area (Å²) in [7, 11) is 0. The first-order chi connectivity index (χ1) is 13.4. The zero-order chi connectivity index (χ0) is 18.3. The van der Waals surface area contributed by atoms with Crippen molar-refractivity contribution < 1.29 is 4.74 Å². The number of nitrogens with zero attached hydrogens (tertiary/aromatic N) is 2. The summed E-state index contributed by atoms with van der Waals surface area (Å²) in [5.41, 5.74) is 3.49. The molecular weight excluding hydrogens is 334 g/mol. The SMILES string of the molecule is c1ccc(Oc2cccc(CNCc3ccc(-n4cccn4)cc3)c2)cc1. The Morgan fingerprint density at radius 1 is 0.741 bits per heavy atom. The topological polar surface area (TPSA) is 39.1 Å². The quantitative estimate of drug-likeness (QED) is 0.509. The zero-order valence-corrected chi connectivity index (χ0v) is 15.0. The number of rotatable bonds is 7. The van der Waals surface area contributed by atoms with Gasteiger partial charge in [0.25, 0.3) is 0 Å². The van der Waals surface area contributed by atoms with Crippen LogP contribution in [0.1, 0.15) is 11.1 Å². The van der Waals surface area contributed by atoms with E-state index in [4.69, 9.17) is 4.74 Å². The van der Waals surface area contributed by atoms with E-state index in [0.29, 0.717) is 0 Å². The van der Waals surface area contributed by atoms with E-state index < -0.39 is 0 Å². The number of para-hydroxylation sites is 1. The number of hydrogen-bond acceptors (Lipinski definition) is 3. The molecule has 0 aliphatic rings. The fraction of sp³-hybridized carbons (Fsp3) is 0.0870. The van der Waals surface area contributed by atoms with Gasteiger partial charge in [-0.15, -0.1) is 0 Å². The maximum Gasteiger partial charge on any atom is 0.127 e. The van der Waals surface area contributed by atoms with Crippen LogP contribution in [-0.2, 0) is 13.1 Å². The molecule has 4 rings (SSSR count). The summed E-state index contributed by atoms with van der Waals surface area (Å²) in [6, 6.07) is 28.3. The van der Waals surface area contributed by atoms with Crippen molar-refractivity contribution in [3.63, 3.8) is 0 Å². The van der Waals surface area contributed by atoms with Gasteiger partial charge in [-0.2, -0.15) is 5.10 Å². The van der Waals surface area contributed by atoms with Gasteiger partial charge < -0.3 is 10.1 Å². The van der Waals surface area contributed by atoms with Gasteiger partial charge in [-0.25, -0.2) is 4.68 Å². The van der Waals surface area contributed by atoms with Crippen LogP contribution >= 0.6 is 0 Å². The van der Waals surface area contributed by atoms with E-state index in [-0.39, 0.29) is 0 Å². The van der Waals surface area contributed by atoms with Crippen molar-refractivity contribution in [1.29, 1.82) is 0 Å². The average molecular weight is 355 g/mol. The molecule has 0 fully saturated rings. The van der Waals surface area contributed by atoms with Crippen LogP contribution in [0.15, 0.2) is 97.3 Å². The predicted molar refractivity (Wildman–Crippen MR) is 107 cm³/mol. The summed E-state index contributed by atoms with van der Waals surface area (Å²) in [6.45, 7) is 1.59. The van der Waals surface area contributed by atoms with Crippen LogP contribution in [0.5, 0.6) is 11.5 Å². The maximum absolute atomic E-state index is 5.90. The second-order valence-electron chi connectivity index (χ2n) is 6.28. The summed E-state index contributed by atoms with van der Waals surface area (Å²) in [4.78, 5) is 0. The van der Waals surface area contributed by atoms with E-state index >= 15 is 0 Å². The minimum absolute atomic E-state index is 0.785. The molecule has 0 amide bonds. The first kappa shape index (κ1) is 17.1. The smallest absolute Gasteiger partial charge is 0.127 e. The summed E-state index contributed by atoms with van der Waals surface area (Å²) in [6.07, 6.45) is 3.73. The molecule has 134 valence electrons. The fourth-order valence-corrected chi connectivity index (χ4v) is 2.88. The van der Waals surface area contributed by atoms with Crippen LogP contribution in [-0.4, -0.2) is 9.78 Å².